The number of anilines is 1. The largest absolute Gasteiger partial charge is 0.478 e. The van der Waals surface area contributed by atoms with Crippen molar-refractivity contribution in [3.63, 3.8) is 0 Å². The number of carbonyl (C=O) groups is 1. The number of carboxylic acid groups (broad SMARTS) is 1. The molecule has 2 heterocycles. The van der Waals surface area contributed by atoms with Crippen LogP contribution in [0.4, 0.5) is 5.82 Å². The molecule has 0 bridgehead atoms. The molecule has 0 spiro atoms. The highest BCUT2D eigenvalue weighted by Crippen LogP contribution is 2.22. The first-order valence-corrected chi connectivity index (χ1v) is 7.73. The summed E-state index contributed by atoms with van der Waals surface area (Å²) in [5.41, 5.74) is 2.34. The van der Waals surface area contributed by atoms with E-state index in [1.165, 1.54) is 15.3 Å². The monoisotopic (exact) mass is 304 g/mol. The van der Waals surface area contributed by atoms with Gasteiger partial charge in [-0.05, 0) is 43.5 Å². The van der Waals surface area contributed by atoms with E-state index in [9.17, 15) is 9.90 Å². The molecule has 0 aromatic carbocycles. The van der Waals surface area contributed by atoms with Gasteiger partial charge < -0.3 is 10.4 Å². The number of nitrogens with one attached hydrogen (secondary N) is 1. The van der Waals surface area contributed by atoms with Crippen molar-refractivity contribution in [1.29, 1.82) is 0 Å². The van der Waals surface area contributed by atoms with E-state index in [4.69, 9.17) is 0 Å². The summed E-state index contributed by atoms with van der Waals surface area (Å²) in [5.74, 6) is -0.122. The lowest BCUT2D eigenvalue weighted by Crippen LogP contribution is -2.06. The molecule has 0 aliphatic heterocycles. The van der Waals surface area contributed by atoms with Gasteiger partial charge in [0.2, 0.25) is 0 Å². The summed E-state index contributed by atoms with van der Waals surface area (Å²) in [6.45, 7) is 8.86. The molecule has 2 rings (SSSR count). The maximum Gasteiger partial charge on any atom is 0.335 e. The van der Waals surface area contributed by atoms with Gasteiger partial charge in [0.25, 0.3) is 0 Å². The fourth-order valence-electron chi connectivity index (χ4n) is 1.98. The van der Waals surface area contributed by atoms with Gasteiger partial charge in [-0.3, -0.25) is 0 Å². The first kappa shape index (κ1) is 15.5. The minimum atomic E-state index is -0.926. The van der Waals surface area contributed by atoms with Crippen LogP contribution in [0, 0.1) is 13.8 Å². The topological polar surface area (TPSA) is 62.2 Å². The van der Waals surface area contributed by atoms with Gasteiger partial charge in [0.05, 0.1) is 12.1 Å². The molecule has 5 heteroatoms. The number of carboxylic acids is 1. The van der Waals surface area contributed by atoms with Crippen LogP contribution < -0.4 is 5.32 Å². The smallest absolute Gasteiger partial charge is 0.335 e. The van der Waals surface area contributed by atoms with Crippen molar-refractivity contribution in [2.75, 3.05) is 5.32 Å². The highest BCUT2D eigenvalue weighted by atomic mass is 32.1. The molecular weight excluding hydrogens is 284 g/mol. The van der Waals surface area contributed by atoms with E-state index >= 15 is 0 Å². The number of aromatic nitrogens is 1. The van der Waals surface area contributed by atoms with Crippen LogP contribution in [-0.2, 0) is 6.54 Å². The number of hydrogen-bond acceptors (Lipinski definition) is 4. The minimum absolute atomic E-state index is 0.191. The molecule has 0 atom stereocenters. The Balaban J connectivity index is 2.20. The summed E-state index contributed by atoms with van der Waals surface area (Å²) in [5, 5.41) is 12.4. The third kappa shape index (κ3) is 3.82. The maximum atomic E-state index is 11.2. The van der Waals surface area contributed by atoms with Gasteiger partial charge in [-0.1, -0.05) is 13.8 Å². The molecule has 0 radical (unpaired) electrons. The molecule has 4 nitrogen and oxygen atoms in total. The fraction of sp³-hybridized carbons (Fsp3) is 0.375. The van der Waals surface area contributed by atoms with Gasteiger partial charge in [0.15, 0.2) is 0 Å². The van der Waals surface area contributed by atoms with E-state index in [2.05, 4.69) is 30.2 Å². The zero-order valence-electron chi connectivity index (χ0n) is 12.7. The van der Waals surface area contributed by atoms with Crippen molar-refractivity contribution in [2.45, 2.75) is 40.2 Å². The molecule has 0 amide bonds. The summed E-state index contributed by atoms with van der Waals surface area (Å²) in [7, 11) is 0. The first-order valence-electron chi connectivity index (χ1n) is 6.92. The minimum Gasteiger partial charge on any atom is -0.478 e. The summed E-state index contributed by atoms with van der Waals surface area (Å²) < 4.78 is 0. The van der Waals surface area contributed by atoms with Crippen molar-refractivity contribution in [3.8, 4) is 0 Å². The zero-order chi connectivity index (χ0) is 15.6. The molecule has 0 unspecified atom stereocenters. The number of aryl methyl sites for hydroxylation is 2. The average Bonchev–Trinajstić information content (AvgIpc) is 2.75. The van der Waals surface area contributed by atoms with E-state index in [-0.39, 0.29) is 11.5 Å². The first-order chi connectivity index (χ1) is 9.86. The third-order valence-electron chi connectivity index (χ3n) is 3.34. The van der Waals surface area contributed by atoms with Gasteiger partial charge in [-0.25, -0.2) is 9.78 Å². The molecule has 21 heavy (non-hydrogen) atoms. The van der Waals surface area contributed by atoms with Crippen LogP contribution >= 0.6 is 11.3 Å². The molecular formula is C16H20N2O2S. The van der Waals surface area contributed by atoms with E-state index in [1.807, 2.05) is 13.8 Å². The average molecular weight is 304 g/mol. The van der Waals surface area contributed by atoms with Crippen LogP contribution in [0.2, 0.25) is 0 Å². The normalized spacial score (nSPS) is 10.9. The molecule has 0 aliphatic carbocycles. The number of pyridine rings is 1. The Labute approximate surface area is 128 Å². The Morgan fingerprint density at radius 3 is 2.57 bits per heavy atom. The van der Waals surface area contributed by atoms with Crippen LogP contribution in [0.15, 0.2) is 18.2 Å². The Kier molecular flexibility index (Phi) is 4.63. The van der Waals surface area contributed by atoms with Crippen molar-refractivity contribution in [2.24, 2.45) is 0 Å². The van der Waals surface area contributed by atoms with Crippen molar-refractivity contribution < 1.29 is 9.90 Å². The molecule has 0 aliphatic rings. The second-order valence-corrected chi connectivity index (χ2v) is 6.77. The predicted molar refractivity (Wildman–Crippen MR) is 86.4 cm³/mol. The SMILES string of the molecule is Cc1cc(CNc2cc(C(=O)O)cc(C(C)C)n2)sc1C. The molecule has 0 fully saturated rings. The van der Waals surface area contributed by atoms with E-state index in [1.54, 1.807) is 23.5 Å². The predicted octanol–water partition coefficient (Wildman–Crippen LogP) is 4.19. The molecule has 2 aromatic heterocycles. The molecule has 0 saturated carbocycles. The van der Waals surface area contributed by atoms with Crippen LogP contribution in [0.1, 0.15) is 51.1 Å². The van der Waals surface area contributed by atoms with Gasteiger partial charge in [-0.2, -0.15) is 0 Å². The van der Waals surface area contributed by atoms with E-state index in [0.717, 1.165) is 5.69 Å². The van der Waals surface area contributed by atoms with Gasteiger partial charge in [0.1, 0.15) is 5.82 Å². The Bertz CT molecular complexity index is 643. The molecule has 2 aromatic rings. The number of rotatable bonds is 5. The second kappa shape index (κ2) is 6.26. The molecule has 2 N–H and O–H groups in total. The number of hydrogen-bond donors (Lipinski definition) is 2. The summed E-state index contributed by atoms with van der Waals surface area (Å²) in [6.07, 6.45) is 0. The molecule has 112 valence electrons. The number of thiophene rings is 1. The van der Waals surface area contributed by atoms with Crippen LogP contribution in [0.5, 0.6) is 0 Å². The summed E-state index contributed by atoms with van der Waals surface area (Å²) in [6, 6.07) is 5.37. The van der Waals surface area contributed by atoms with Crippen LogP contribution in [-0.4, -0.2) is 16.1 Å². The number of nitrogens with zero attached hydrogens (tertiary/aromatic N) is 1. The summed E-state index contributed by atoms with van der Waals surface area (Å²) >= 11 is 1.75. The van der Waals surface area contributed by atoms with Crippen molar-refractivity contribution >= 4 is 23.1 Å². The highest BCUT2D eigenvalue weighted by molar-refractivity contribution is 7.12. The Morgan fingerprint density at radius 1 is 1.33 bits per heavy atom. The number of aromatic carboxylic acids is 1. The molecule has 0 saturated heterocycles. The van der Waals surface area contributed by atoms with Gasteiger partial charge in [-0.15, -0.1) is 11.3 Å². The Hall–Kier alpha value is -1.88. The zero-order valence-corrected chi connectivity index (χ0v) is 13.5. The van der Waals surface area contributed by atoms with Gasteiger partial charge in [0, 0.05) is 15.4 Å². The second-order valence-electron chi connectivity index (χ2n) is 5.43. The van der Waals surface area contributed by atoms with Gasteiger partial charge >= 0.3 is 5.97 Å². The Morgan fingerprint density at radius 2 is 2.05 bits per heavy atom. The lowest BCUT2D eigenvalue weighted by molar-refractivity contribution is 0.0696. The third-order valence-corrected chi connectivity index (χ3v) is 4.50. The van der Waals surface area contributed by atoms with Crippen LogP contribution in [0.25, 0.3) is 0 Å². The maximum absolute atomic E-state index is 11.2. The van der Waals surface area contributed by atoms with E-state index in [0.29, 0.717) is 12.4 Å². The van der Waals surface area contributed by atoms with Crippen molar-refractivity contribution in [3.05, 3.63) is 44.8 Å². The fourth-order valence-corrected chi connectivity index (χ4v) is 2.97. The lowest BCUT2D eigenvalue weighted by Gasteiger charge is -2.10. The quantitative estimate of drug-likeness (QED) is 0.869. The summed E-state index contributed by atoms with van der Waals surface area (Å²) in [4.78, 5) is 18.2. The van der Waals surface area contributed by atoms with E-state index < -0.39 is 5.97 Å². The van der Waals surface area contributed by atoms with Crippen LogP contribution in [0.3, 0.4) is 0 Å². The lowest BCUT2D eigenvalue weighted by atomic mass is 10.1. The van der Waals surface area contributed by atoms with Crippen molar-refractivity contribution in [1.82, 2.24) is 4.98 Å². The highest BCUT2D eigenvalue weighted by Gasteiger charge is 2.11. The standard InChI is InChI=1S/C16H20N2O2S/c1-9(2)14-6-12(16(19)20)7-15(18-14)17-8-13-5-10(3)11(4)21-13/h5-7,9H,8H2,1-4H3,(H,17,18)(H,19,20).